The van der Waals surface area contributed by atoms with E-state index in [-0.39, 0.29) is 5.91 Å². The molecular weight excluding hydrogens is 340 g/mol. The van der Waals surface area contributed by atoms with E-state index in [1.54, 1.807) is 11.3 Å². The van der Waals surface area contributed by atoms with Crippen molar-refractivity contribution in [1.82, 2.24) is 4.98 Å². The van der Waals surface area contributed by atoms with Crippen molar-refractivity contribution in [2.75, 3.05) is 4.90 Å². The van der Waals surface area contributed by atoms with E-state index in [1.165, 1.54) is 5.56 Å². The van der Waals surface area contributed by atoms with Crippen LogP contribution in [0.1, 0.15) is 57.1 Å². The van der Waals surface area contributed by atoms with Gasteiger partial charge in [0.15, 0.2) is 5.13 Å². The molecule has 0 radical (unpaired) electrons. The van der Waals surface area contributed by atoms with Crippen LogP contribution in [0, 0.1) is 0 Å². The lowest BCUT2D eigenvalue weighted by Crippen LogP contribution is -2.30. The second-order valence-electron chi connectivity index (χ2n) is 6.91. The molecule has 3 rings (SSSR count). The van der Waals surface area contributed by atoms with Crippen molar-refractivity contribution in [2.24, 2.45) is 0 Å². The Labute approximate surface area is 159 Å². The number of aromatic nitrogens is 1. The lowest BCUT2D eigenvalue weighted by atomic mass is 10.0. The normalized spacial score (nSPS) is 11.2. The predicted molar refractivity (Wildman–Crippen MR) is 111 cm³/mol. The first-order valence-electron chi connectivity index (χ1n) is 9.34. The number of unbranched alkanes of at least 4 members (excludes halogenated alkanes) is 1. The van der Waals surface area contributed by atoms with Gasteiger partial charge in [0.1, 0.15) is 0 Å². The van der Waals surface area contributed by atoms with E-state index in [4.69, 9.17) is 4.98 Å². The zero-order chi connectivity index (χ0) is 18.5. The maximum Gasteiger partial charge on any atom is 0.229 e. The van der Waals surface area contributed by atoms with Crippen LogP contribution in [0.4, 0.5) is 5.13 Å². The molecule has 1 heterocycles. The topological polar surface area (TPSA) is 33.2 Å². The molecule has 26 heavy (non-hydrogen) atoms. The van der Waals surface area contributed by atoms with Crippen LogP contribution in [0.25, 0.3) is 10.2 Å². The van der Waals surface area contributed by atoms with E-state index in [0.29, 0.717) is 18.9 Å². The fourth-order valence-corrected chi connectivity index (χ4v) is 4.05. The molecule has 0 spiro atoms. The summed E-state index contributed by atoms with van der Waals surface area (Å²) in [5.41, 5.74) is 3.40. The summed E-state index contributed by atoms with van der Waals surface area (Å²) in [5, 5.41) is 0.804. The molecule has 0 bridgehead atoms. The minimum Gasteiger partial charge on any atom is -0.284 e. The van der Waals surface area contributed by atoms with Crippen molar-refractivity contribution in [3.05, 3.63) is 59.7 Å². The summed E-state index contributed by atoms with van der Waals surface area (Å²) in [6.45, 7) is 7.05. The largest absolute Gasteiger partial charge is 0.284 e. The quantitative estimate of drug-likeness (QED) is 0.503. The molecule has 0 N–H and O–H groups in total. The highest BCUT2D eigenvalue weighted by Gasteiger charge is 2.21. The number of carbonyl (C=O) groups excluding carboxylic acids is 1. The van der Waals surface area contributed by atoms with Gasteiger partial charge in [0.25, 0.3) is 0 Å². The highest BCUT2D eigenvalue weighted by atomic mass is 32.1. The lowest BCUT2D eigenvalue weighted by Gasteiger charge is -2.20. The van der Waals surface area contributed by atoms with Gasteiger partial charge in [0.2, 0.25) is 5.91 Å². The highest BCUT2D eigenvalue weighted by Crippen LogP contribution is 2.34. The average Bonchev–Trinajstić information content (AvgIpc) is 3.08. The summed E-state index contributed by atoms with van der Waals surface area (Å²) >= 11 is 1.61. The van der Waals surface area contributed by atoms with E-state index < -0.39 is 0 Å². The summed E-state index contributed by atoms with van der Waals surface area (Å²) in [6.07, 6.45) is 2.49. The van der Waals surface area contributed by atoms with E-state index in [9.17, 15) is 4.79 Å². The molecule has 0 aliphatic carbocycles. The molecule has 0 saturated heterocycles. The van der Waals surface area contributed by atoms with Crippen molar-refractivity contribution in [1.29, 1.82) is 0 Å². The molecule has 0 aliphatic heterocycles. The Morgan fingerprint density at radius 1 is 1.12 bits per heavy atom. The molecule has 1 amide bonds. The van der Waals surface area contributed by atoms with E-state index in [2.05, 4.69) is 51.1 Å². The van der Waals surface area contributed by atoms with Crippen LogP contribution in [0.2, 0.25) is 0 Å². The number of para-hydroxylation sites is 1. The number of amides is 1. The minimum absolute atomic E-state index is 0.154. The zero-order valence-electron chi connectivity index (χ0n) is 15.7. The standard InChI is InChI=1S/C22H26N2OS/c1-4-5-14-20(25)24(15-17-10-7-6-8-11-17)22-23-21-18(16(2)3)12-9-13-19(21)26-22/h6-13,16H,4-5,14-15H2,1-3H3. The smallest absolute Gasteiger partial charge is 0.229 e. The average molecular weight is 367 g/mol. The summed E-state index contributed by atoms with van der Waals surface area (Å²) in [7, 11) is 0. The Morgan fingerprint density at radius 2 is 1.88 bits per heavy atom. The Balaban J connectivity index is 1.99. The molecule has 3 aromatic rings. The summed E-state index contributed by atoms with van der Waals surface area (Å²) in [6, 6.07) is 16.5. The molecule has 0 atom stereocenters. The monoisotopic (exact) mass is 366 g/mol. The Bertz CT molecular complexity index is 870. The number of carbonyl (C=O) groups is 1. The van der Waals surface area contributed by atoms with Gasteiger partial charge >= 0.3 is 0 Å². The van der Waals surface area contributed by atoms with Gasteiger partial charge in [-0.25, -0.2) is 4.98 Å². The molecule has 0 aliphatic rings. The third-order valence-electron chi connectivity index (χ3n) is 4.52. The number of benzene rings is 2. The van der Waals surface area contributed by atoms with Crippen LogP contribution in [-0.4, -0.2) is 10.9 Å². The van der Waals surface area contributed by atoms with Crippen LogP contribution >= 0.6 is 11.3 Å². The van der Waals surface area contributed by atoms with Crippen LogP contribution in [0.5, 0.6) is 0 Å². The first kappa shape index (κ1) is 18.6. The third kappa shape index (κ3) is 4.13. The molecule has 3 nitrogen and oxygen atoms in total. The van der Waals surface area contributed by atoms with Crippen LogP contribution in [0.3, 0.4) is 0 Å². The number of hydrogen-bond acceptors (Lipinski definition) is 3. The first-order valence-corrected chi connectivity index (χ1v) is 10.2. The molecule has 1 aromatic heterocycles. The Kier molecular flexibility index (Phi) is 6.04. The van der Waals surface area contributed by atoms with Crippen molar-refractivity contribution in [3.8, 4) is 0 Å². The zero-order valence-corrected chi connectivity index (χ0v) is 16.6. The maximum atomic E-state index is 12.9. The SMILES string of the molecule is CCCCC(=O)N(Cc1ccccc1)c1nc2c(C(C)C)cccc2s1. The maximum absolute atomic E-state index is 12.9. The second-order valence-corrected chi connectivity index (χ2v) is 7.92. The van der Waals surface area contributed by atoms with Gasteiger partial charge in [-0.1, -0.05) is 81.0 Å². The summed E-state index contributed by atoms with van der Waals surface area (Å²) in [5.74, 6) is 0.563. The summed E-state index contributed by atoms with van der Waals surface area (Å²) < 4.78 is 1.15. The molecule has 0 unspecified atom stereocenters. The van der Waals surface area contributed by atoms with Gasteiger partial charge in [0.05, 0.1) is 16.8 Å². The fraction of sp³-hybridized carbons (Fsp3) is 0.364. The predicted octanol–water partition coefficient (Wildman–Crippen LogP) is 6.14. The number of nitrogens with zero attached hydrogens (tertiary/aromatic N) is 2. The van der Waals surface area contributed by atoms with Gasteiger partial charge in [-0.15, -0.1) is 0 Å². The lowest BCUT2D eigenvalue weighted by molar-refractivity contribution is -0.118. The number of rotatable bonds is 7. The first-order chi connectivity index (χ1) is 12.6. The van der Waals surface area contributed by atoms with E-state index in [0.717, 1.165) is 33.8 Å². The minimum atomic E-state index is 0.154. The van der Waals surface area contributed by atoms with Crippen molar-refractivity contribution < 1.29 is 4.79 Å². The number of thiazole rings is 1. The number of anilines is 1. The number of fused-ring (bicyclic) bond motifs is 1. The van der Waals surface area contributed by atoms with Gasteiger partial charge in [-0.2, -0.15) is 0 Å². The third-order valence-corrected chi connectivity index (χ3v) is 5.56. The molecule has 0 fully saturated rings. The molecule has 4 heteroatoms. The summed E-state index contributed by atoms with van der Waals surface area (Å²) in [4.78, 5) is 19.6. The van der Waals surface area contributed by atoms with E-state index in [1.807, 2.05) is 23.1 Å². The van der Waals surface area contributed by atoms with Gasteiger partial charge in [0, 0.05) is 6.42 Å². The van der Waals surface area contributed by atoms with Crippen molar-refractivity contribution in [3.63, 3.8) is 0 Å². The Morgan fingerprint density at radius 3 is 2.58 bits per heavy atom. The van der Waals surface area contributed by atoms with Crippen LogP contribution in [-0.2, 0) is 11.3 Å². The second kappa shape index (κ2) is 8.45. The van der Waals surface area contributed by atoms with Crippen molar-refractivity contribution >= 4 is 32.6 Å². The molecule has 136 valence electrons. The van der Waals surface area contributed by atoms with Gasteiger partial charge in [-0.3, -0.25) is 9.69 Å². The number of hydrogen-bond donors (Lipinski definition) is 0. The van der Waals surface area contributed by atoms with Crippen molar-refractivity contribution in [2.45, 2.75) is 52.5 Å². The van der Waals surface area contributed by atoms with Gasteiger partial charge in [-0.05, 0) is 29.5 Å². The fourth-order valence-electron chi connectivity index (χ4n) is 3.03. The highest BCUT2D eigenvalue weighted by molar-refractivity contribution is 7.22. The molecule has 2 aromatic carbocycles. The van der Waals surface area contributed by atoms with Crippen LogP contribution in [0.15, 0.2) is 48.5 Å². The Hall–Kier alpha value is -2.20. The molecule has 0 saturated carbocycles. The van der Waals surface area contributed by atoms with Crippen LogP contribution < -0.4 is 4.90 Å². The van der Waals surface area contributed by atoms with E-state index >= 15 is 0 Å². The molecular formula is C22H26N2OS. The van der Waals surface area contributed by atoms with Gasteiger partial charge < -0.3 is 0 Å².